The monoisotopic (exact) mass is 463 g/mol. The first-order valence-electron chi connectivity index (χ1n) is 12.6. The Balaban J connectivity index is 1.08. The second kappa shape index (κ2) is 10.2. The van der Waals surface area contributed by atoms with Crippen LogP contribution in [-0.4, -0.2) is 38.0 Å². The molecule has 2 aromatic rings. The maximum absolute atomic E-state index is 13.8. The Kier molecular flexibility index (Phi) is 6.84. The highest BCUT2D eigenvalue weighted by atomic mass is 19.1. The van der Waals surface area contributed by atoms with E-state index in [0.717, 1.165) is 63.1 Å². The normalized spacial score (nSPS) is 26.9. The quantitative estimate of drug-likeness (QED) is 0.643. The number of rotatable bonds is 6. The number of aryl methyl sites for hydroxylation is 1. The van der Waals surface area contributed by atoms with E-state index in [2.05, 4.69) is 28.8 Å². The first-order chi connectivity index (χ1) is 16.6. The van der Waals surface area contributed by atoms with Crippen molar-refractivity contribution in [2.24, 2.45) is 16.8 Å². The largest absolute Gasteiger partial charge is 0.497 e. The molecule has 5 nitrogen and oxygen atoms in total. The van der Waals surface area contributed by atoms with Crippen LogP contribution in [0.2, 0.25) is 0 Å². The van der Waals surface area contributed by atoms with Gasteiger partial charge in [0.15, 0.2) is 0 Å². The van der Waals surface area contributed by atoms with Crippen LogP contribution < -0.4 is 15.4 Å². The lowest BCUT2D eigenvalue weighted by Gasteiger charge is -2.28. The van der Waals surface area contributed by atoms with E-state index in [1.165, 1.54) is 23.3 Å². The fraction of sp³-hybridized carbons (Fsp3) is 0.500. The molecule has 1 saturated carbocycles. The van der Waals surface area contributed by atoms with E-state index in [1.807, 2.05) is 0 Å². The van der Waals surface area contributed by atoms with Crippen LogP contribution in [-0.2, 0) is 6.42 Å². The van der Waals surface area contributed by atoms with Crippen LogP contribution in [0.25, 0.3) is 0 Å². The van der Waals surface area contributed by atoms with Gasteiger partial charge in [0, 0.05) is 31.5 Å². The van der Waals surface area contributed by atoms with Gasteiger partial charge in [-0.25, -0.2) is 4.39 Å². The Hall–Kier alpha value is -2.89. The summed E-state index contributed by atoms with van der Waals surface area (Å²) in [5.74, 6) is 2.90. The summed E-state index contributed by atoms with van der Waals surface area (Å²) in [4.78, 5) is 17.3. The van der Waals surface area contributed by atoms with Crippen molar-refractivity contribution in [2.75, 3.05) is 20.2 Å². The number of carbonyl (C=O) groups excluding carboxylic acids is 1. The number of benzene rings is 2. The zero-order valence-corrected chi connectivity index (χ0v) is 19.9. The molecule has 1 amide bonds. The number of hydrogen-bond donors (Lipinski definition) is 2. The molecule has 1 aliphatic heterocycles. The predicted octanol–water partition coefficient (Wildman–Crippen LogP) is 4.86. The molecule has 0 bridgehead atoms. The Morgan fingerprint density at radius 2 is 1.91 bits per heavy atom. The summed E-state index contributed by atoms with van der Waals surface area (Å²) in [6.45, 7) is 1.50. The molecule has 0 aromatic heterocycles. The van der Waals surface area contributed by atoms with Crippen LogP contribution in [0, 0.1) is 17.7 Å². The van der Waals surface area contributed by atoms with E-state index in [9.17, 15) is 9.18 Å². The highest BCUT2D eigenvalue weighted by Crippen LogP contribution is 2.39. The average molecular weight is 464 g/mol. The second-order valence-electron chi connectivity index (χ2n) is 10.0. The van der Waals surface area contributed by atoms with Crippen LogP contribution >= 0.6 is 0 Å². The van der Waals surface area contributed by atoms with Gasteiger partial charge in [-0.1, -0.05) is 18.2 Å². The molecule has 2 fully saturated rings. The van der Waals surface area contributed by atoms with Gasteiger partial charge in [-0.3, -0.25) is 9.79 Å². The molecule has 1 saturated heterocycles. The number of amides is 1. The molecule has 0 radical (unpaired) electrons. The molecule has 2 aromatic carbocycles. The summed E-state index contributed by atoms with van der Waals surface area (Å²) in [5, 5.41) is 6.62. The topological polar surface area (TPSA) is 62.7 Å². The minimum Gasteiger partial charge on any atom is -0.497 e. The van der Waals surface area contributed by atoms with E-state index in [-0.39, 0.29) is 11.5 Å². The molecule has 0 unspecified atom stereocenters. The van der Waals surface area contributed by atoms with Gasteiger partial charge < -0.3 is 15.4 Å². The molecular formula is C28H34FN3O2. The van der Waals surface area contributed by atoms with Gasteiger partial charge in [0.1, 0.15) is 11.6 Å². The fourth-order valence-electron chi connectivity index (χ4n) is 5.87. The van der Waals surface area contributed by atoms with Crippen molar-refractivity contribution in [3.05, 3.63) is 65.0 Å². The summed E-state index contributed by atoms with van der Waals surface area (Å²) in [6.07, 6.45) is 7.67. The zero-order chi connectivity index (χ0) is 23.5. The molecule has 2 N–H and O–H groups in total. The van der Waals surface area contributed by atoms with Crippen molar-refractivity contribution in [1.82, 2.24) is 10.6 Å². The first-order valence-corrected chi connectivity index (χ1v) is 12.6. The molecular weight excluding hydrogens is 429 g/mol. The number of aliphatic imine (C=N–C) groups is 1. The van der Waals surface area contributed by atoms with Crippen molar-refractivity contribution in [3.63, 3.8) is 0 Å². The van der Waals surface area contributed by atoms with Gasteiger partial charge in [-0.2, -0.15) is 0 Å². The van der Waals surface area contributed by atoms with Crippen molar-refractivity contribution >= 4 is 11.7 Å². The van der Waals surface area contributed by atoms with Gasteiger partial charge in [0.25, 0.3) is 5.91 Å². The first kappa shape index (κ1) is 22.9. The van der Waals surface area contributed by atoms with Gasteiger partial charge in [0.2, 0.25) is 0 Å². The highest BCUT2D eigenvalue weighted by molar-refractivity contribution is 5.94. The van der Waals surface area contributed by atoms with Gasteiger partial charge in [-0.15, -0.1) is 0 Å². The van der Waals surface area contributed by atoms with Crippen molar-refractivity contribution < 1.29 is 13.9 Å². The summed E-state index contributed by atoms with van der Waals surface area (Å²) >= 11 is 0. The van der Waals surface area contributed by atoms with Crippen LogP contribution in [0.5, 0.6) is 5.75 Å². The predicted molar refractivity (Wildman–Crippen MR) is 132 cm³/mol. The SMILES string of the molecule is COc1ccc2c(c1)CC[C@H]1NC(=NCC3CCC(CNC(=O)c4ccccc4F)CC3)C[C@@H]21. The van der Waals surface area contributed by atoms with Crippen LogP contribution in [0.1, 0.15) is 65.9 Å². The molecule has 6 heteroatoms. The number of nitrogens with one attached hydrogen (secondary N) is 2. The van der Waals surface area contributed by atoms with E-state index in [0.29, 0.717) is 30.3 Å². The summed E-state index contributed by atoms with van der Waals surface area (Å²) in [7, 11) is 1.73. The number of methoxy groups -OCH3 is 1. The summed E-state index contributed by atoms with van der Waals surface area (Å²) in [6, 6.07) is 13.1. The van der Waals surface area contributed by atoms with E-state index in [4.69, 9.17) is 9.73 Å². The van der Waals surface area contributed by atoms with E-state index >= 15 is 0 Å². The van der Waals surface area contributed by atoms with Crippen LogP contribution in [0.3, 0.4) is 0 Å². The standard InChI is InChI=1S/C28H34FN3O2/c1-34-21-11-12-22-20(14-21)10-13-26-24(22)15-27(32-26)30-16-18-6-8-19(9-7-18)17-31-28(33)23-4-2-3-5-25(23)29/h2-5,11-12,14,18-19,24,26H,6-10,13,15-17H2,1H3,(H,30,32)(H,31,33)/t18?,19?,24-,26+/m0/s1. The molecule has 5 rings (SSSR count). The van der Waals surface area contributed by atoms with Gasteiger partial charge >= 0.3 is 0 Å². The molecule has 180 valence electrons. The average Bonchev–Trinajstić information content (AvgIpc) is 3.30. The Bertz CT molecular complexity index is 1060. The lowest BCUT2D eigenvalue weighted by atomic mass is 9.80. The number of fused-ring (bicyclic) bond motifs is 3. The molecule has 2 aliphatic carbocycles. The summed E-state index contributed by atoms with van der Waals surface area (Å²) in [5.41, 5.74) is 3.00. The molecule has 3 aliphatic rings. The van der Waals surface area contributed by atoms with Gasteiger partial charge in [-0.05, 0) is 85.8 Å². The lowest BCUT2D eigenvalue weighted by molar-refractivity contribution is 0.0937. The number of ether oxygens (including phenoxy) is 1. The number of amidine groups is 1. The maximum Gasteiger partial charge on any atom is 0.254 e. The molecule has 2 atom stereocenters. The Labute approximate surface area is 201 Å². The molecule has 34 heavy (non-hydrogen) atoms. The maximum atomic E-state index is 13.8. The fourth-order valence-corrected chi connectivity index (χ4v) is 5.87. The molecule has 1 heterocycles. The van der Waals surface area contributed by atoms with E-state index < -0.39 is 5.82 Å². The lowest BCUT2D eigenvalue weighted by Crippen LogP contribution is -2.32. The number of hydrogen-bond acceptors (Lipinski definition) is 3. The third-order valence-electron chi connectivity index (χ3n) is 7.90. The highest BCUT2D eigenvalue weighted by Gasteiger charge is 2.36. The molecule has 0 spiro atoms. The number of halogens is 1. The van der Waals surface area contributed by atoms with Crippen molar-refractivity contribution in [3.8, 4) is 5.75 Å². The third kappa shape index (κ3) is 4.96. The zero-order valence-electron chi connectivity index (χ0n) is 19.9. The van der Waals surface area contributed by atoms with E-state index in [1.54, 1.807) is 19.2 Å². The number of nitrogens with zero attached hydrogens (tertiary/aromatic N) is 1. The Morgan fingerprint density at radius 1 is 1.12 bits per heavy atom. The van der Waals surface area contributed by atoms with Crippen molar-refractivity contribution in [2.45, 2.75) is 56.9 Å². The van der Waals surface area contributed by atoms with Gasteiger partial charge in [0.05, 0.1) is 18.5 Å². The minimum absolute atomic E-state index is 0.124. The summed E-state index contributed by atoms with van der Waals surface area (Å²) < 4.78 is 19.2. The Morgan fingerprint density at radius 3 is 2.71 bits per heavy atom. The van der Waals surface area contributed by atoms with Crippen LogP contribution in [0.4, 0.5) is 4.39 Å². The number of carbonyl (C=O) groups is 1. The van der Waals surface area contributed by atoms with Crippen LogP contribution in [0.15, 0.2) is 47.5 Å². The third-order valence-corrected chi connectivity index (χ3v) is 7.90. The smallest absolute Gasteiger partial charge is 0.254 e. The van der Waals surface area contributed by atoms with Crippen molar-refractivity contribution in [1.29, 1.82) is 0 Å². The second-order valence-corrected chi connectivity index (χ2v) is 10.0. The minimum atomic E-state index is -0.466.